The van der Waals surface area contributed by atoms with Crippen LogP contribution in [0, 0.1) is 5.92 Å². The maximum atomic E-state index is 13.8. The minimum absolute atomic E-state index is 0.0168. The maximum absolute atomic E-state index is 13.8. The van der Waals surface area contributed by atoms with Gasteiger partial charge in [0, 0.05) is 37.7 Å². The van der Waals surface area contributed by atoms with Crippen LogP contribution in [0.1, 0.15) is 38.5 Å². The molecule has 2 fully saturated rings. The zero-order valence-corrected chi connectivity index (χ0v) is 13.3. The third-order valence-electron chi connectivity index (χ3n) is 4.36. The molecule has 1 heterocycles. The number of ketones is 1. The van der Waals surface area contributed by atoms with Crippen molar-refractivity contribution in [2.45, 2.75) is 56.8 Å². The highest BCUT2D eigenvalue weighted by Crippen LogP contribution is 2.30. The van der Waals surface area contributed by atoms with Crippen molar-refractivity contribution in [2.24, 2.45) is 5.92 Å². The summed E-state index contributed by atoms with van der Waals surface area (Å²) >= 11 is 1.84. The highest BCUT2D eigenvalue weighted by Gasteiger charge is 2.33. The highest BCUT2D eigenvalue weighted by atomic mass is 32.2. The first-order valence-electron chi connectivity index (χ1n) is 7.67. The molecule has 2 rings (SSSR count). The Morgan fingerprint density at radius 2 is 2.10 bits per heavy atom. The lowest BCUT2D eigenvalue weighted by Crippen LogP contribution is -2.36. The fraction of sp³-hybridized carbons (Fsp3) is 0.867. The van der Waals surface area contributed by atoms with Gasteiger partial charge >= 0.3 is 0 Å². The number of rotatable bonds is 6. The number of halogens is 1. The molecule has 0 aromatic rings. The van der Waals surface area contributed by atoms with Crippen molar-refractivity contribution in [3.8, 4) is 0 Å². The highest BCUT2D eigenvalue weighted by molar-refractivity contribution is 7.99. The van der Waals surface area contributed by atoms with Crippen LogP contribution in [0.4, 0.5) is 4.39 Å². The molecule has 4 atom stereocenters. The molecule has 2 aliphatic rings. The van der Waals surface area contributed by atoms with Crippen LogP contribution in [0.5, 0.6) is 0 Å². The van der Waals surface area contributed by atoms with Gasteiger partial charge in [0.15, 0.2) is 0 Å². The van der Waals surface area contributed by atoms with E-state index in [1.54, 1.807) is 0 Å². The molecule has 0 bridgehead atoms. The van der Waals surface area contributed by atoms with E-state index in [2.05, 4.69) is 5.32 Å². The second kappa shape index (κ2) is 8.13. The van der Waals surface area contributed by atoms with Crippen molar-refractivity contribution in [3.63, 3.8) is 0 Å². The molecular formula is C15H24FNO3S. The molecule has 1 saturated heterocycles. The summed E-state index contributed by atoms with van der Waals surface area (Å²) in [6, 6.07) is 0.255. The van der Waals surface area contributed by atoms with Gasteiger partial charge in [-0.1, -0.05) is 0 Å². The Hall–Kier alpha value is -0.620. The number of carbonyl (C=O) groups is 2. The van der Waals surface area contributed by atoms with Crippen LogP contribution < -0.4 is 5.32 Å². The molecule has 1 aliphatic heterocycles. The Labute approximate surface area is 129 Å². The molecule has 1 aliphatic carbocycles. The first-order chi connectivity index (χ1) is 10.1. The number of methoxy groups -OCH3 is 1. The maximum Gasteiger partial charge on any atom is 0.220 e. The lowest BCUT2D eigenvalue weighted by atomic mass is 9.82. The molecule has 0 aromatic heterocycles. The Kier molecular flexibility index (Phi) is 6.48. The van der Waals surface area contributed by atoms with Crippen molar-refractivity contribution >= 4 is 23.5 Å². The number of ether oxygens (including phenoxy) is 1. The van der Waals surface area contributed by atoms with Crippen LogP contribution >= 0.6 is 11.8 Å². The van der Waals surface area contributed by atoms with Crippen molar-refractivity contribution in [3.05, 3.63) is 0 Å². The third-order valence-corrected chi connectivity index (χ3v) is 5.53. The fourth-order valence-corrected chi connectivity index (χ4v) is 4.19. The van der Waals surface area contributed by atoms with Gasteiger partial charge in [-0.3, -0.25) is 9.59 Å². The number of nitrogens with one attached hydrogen (secondary N) is 1. The van der Waals surface area contributed by atoms with Crippen LogP contribution in [0.3, 0.4) is 0 Å². The van der Waals surface area contributed by atoms with Gasteiger partial charge < -0.3 is 10.1 Å². The molecule has 21 heavy (non-hydrogen) atoms. The summed E-state index contributed by atoms with van der Waals surface area (Å²) < 4.78 is 18.8. The summed E-state index contributed by atoms with van der Waals surface area (Å²) in [6.45, 7) is 0. The Balaban J connectivity index is 1.68. The lowest BCUT2D eigenvalue weighted by Gasteiger charge is -2.29. The van der Waals surface area contributed by atoms with Gasteiger partial charge in [0.25, 0.3) is 0 Å². The number of carbonyl (C=O) groups excluding carboxylic acids is 2. The van der Waals surface area contributed by atoms with Crippen LogP contribution in [-0.4, -0.2) is 48.6 Å². The van der Waals surface area contributed by atoms with Crippen LogP contribution in [0.2, 0.25) is 0 Å². The van der Waals surface area contributed by atoms with Gasteiger partial charge in [0.05, 0.1) is 6.10 Å². The average molecular weight is 317 g/mol. The number of hydrogen-bond donors (Lipinski definition) is 1. The Morgan fingerprint density at radius 3 is 2.71 bits per heavy atom. The molecule has 0 spiro atoms. The minimum atomic E-state index is -1.07. The Morgan fingerprint density at radius 1 is 1.29 bits per heavy atom. The normalized spacial score (nSPS) is 32.9. The van der Waals surface area contributed by atoms with Gasteiger partial charge in [-0.05, 0) is 31.4 Å². The summed E-state index contributed by atoms with van der Waals surface area (Å²) in [4.78, 5) is 23.9. The zero-order chi connectivity index (χ0) is 15.2. The van der Waals surface area contributed by atoms with E-state index >= 15 is 0 Å². The molecule has 4 unspecified atom stereocenters. The second-order valence-electron chi connectivity index (χ2n) is 5.89. The van der Waals surface area contributed by atoms with Gasteiger partial charge in [-0.2, -0.15) is 11.8 Å². The average Bonchev–Trinajstić information content (AvgIpc) is 2.97. The first kappa shape index (κ1) is 16.7. The van der Waals surface area contributed by atoms with E-state index in [1.165, 1.54) is 7.11 Å². The number of alkyl halides is 1. The monoisotopic (exact) mass is 317 g/mol. The van der Waals surface area contributed by atoms with Gasteiger partial charge in [-0.25, -0.2) is 4.39 Å². The summed E-state index contributed by atoms with van der Waals surface area (Å²) in [5.74, 6) is 1.76. The standard InChI is InChI=1S/C15H24FNO3S/c1-20-14-4-2-10(8-12(14)16)13(18)3-5-15(19)17-11-6-7-21-9-11/h10-12,14H,2-9H2,1H3,(H,17,19). The van der Waals surface area contributed by atoms with E-state index in [9.17, 15) is 14.0 Å². The van der Waals surface area contributed by atoms with Crippen LogP contribution in [0.15, 0.2) is 0 Å². The van der Waals surface area contributed by atoms with E-state index in [1.807, 2.05) is 11.8 Å². The SMILES string of the molecule is COC1CCC(C(=O)CCC(=O)NC2CCSC2)CC1F. The van der Waals surface area contributed by atoms with E-state index in [0.717, 1.165) is 17.9 Å². The fourth-order valence-electron chi connectivity index (χ4n) is 3.03. The van der Waals surface area contributed by atoms with Crippen molar-refractivity contribution in [2.75, 3.05) is 18.6 Å². The summed E-state index contributed by atoms with van der Waals surface area (Å²) in [5, 5.41) is 2.96. The topological polar surface area (TPSA) is 55.4 Å². The van der Waals surface area contributed by atoms with E-state index < -0.39 is 6.17 Å². The van der Waals surface area contributed by atoms with Gasteiger partial charge in [0.1, 0.15) is 12.0 Å². The quantitative estimate of drug-likeness (QED) is 0.815. The number of thioether (sulfide) groups is 1. The van der Waals surface area contributed by atoms with Gasteiger partial charge in [0.2, 0.25) is 5.91 Å². The molecule has 120 valence electrons. The van der Waals surface area contributed by atoms with E-state index in [-0.39, 0.29) is 49.0 Å². The van der Waals surface area contributed by atoms with E-state index in [0.29, 0.717) is 12.8 Å². The van der Waals surface area contributed by atoms with Gasteiger partial charge in [-0.15, -0.1) is 0 Å². The molecule has 0 radical (unpaired) electrons. The van der Waals surface area contributed by atoms with E-state index in [4.69, 9.17) is 4.74 Å². The minimum Gasteiger partial charge on any atom is -0.378 e. The van der Waals surface area contributed by atoms with Crippen molar-refractivity contribution < 1.29 is 18.7 Å². The molecule has 0 aromatic carbocycles. The summed E-state index contributed by atoms with van der Waals surface area (Å²) in [5.41, 5.74) is 0. The number of hydrogen-bond acceptors (Lipinski definition) is 4. The first-order valence-corrected chi connectivity index (χ1v) is 8.82. The van der Waals surface area contributed by atoms with Crippen molar-refractivity contribution in [1.82, 2.24) is 5.32 Å². The number of Topliss-reactive ketones (excluding diaryl/α,β-unsaturated/α-hetero) is 1. The zero-order valence-electron chi connectivity index (χ0n) is 12.5. The smallest absolute Gasteiger partial charge is 0.220 e. The van der Waals surface area contributed by atoms with Crippen LogP contribution in [-0.2, 0) is 14.3 Å². The Bertz CT molecular complexity index is 374. The predicted octanol–water partition coefficient (Wildman–Crippen LogP) is 2.11. The van der Waals surface area contributed by atoms with Crippen LogP contribution in [0.25, 0.3) is 0 Å². The molecule has 1 amide bonds. The third kappa shape index (κ3) is 4.95. The molecular weight excluding hydrogens is 293 g/mol. The molecule has 1 N–H and O–H groups in total. The summed E-state index contributed by atoms with van der Waals surface area (Å²) in [7, 11) is 1.50. The van der Waals surface area contributed by atoms with Crippen molar-refractivity contribution in [1.29, 1.82) is 0 Å². The largest absolute Gasteiger partial charge is 0.378 e. The number of amides is 1. The second-order valence-corrected chi connectivity index (χ2v) is 7.04. The summed E-state index contributed by atoms with van der Waals surface area (Å²) in [6.07, 6.45) is 1.49. The molecule has 4 nitrogen and oxygen atoms in total. The lowest BCUT2D eigenvalue weighted by molar-refractivity contribution is -0.129. The molecule has 1 saturated carbocycles. The molecule has 6 heteroatoms. The predicted molar refractivity (Wildman–Crippen MR) is 81.1 cm³/mol.